The topological polar surface area (TPSA) is 143 Å². The van der Waals surface area contributed by atoms with Gasteiger partial charge in [0.1, 0.15) is 6.29 Å². The fourth-order valence-corrected chi connectivity index (χ4v) is 3.58. The summed E-state index contributed by atoms with van der Waals surface area (Å²) in [5.41, 5.74) is 11.7. The molecule has 1 aliphatic rings. The lowest BCUT2D eigenvalue weighted by atomic mass is 10.0. The Labute approximate surface area is 183 Å². The molecule has 9 nitrogen and oxygen atoms in total. The summed E-state index contributed by atoms with van der Waals surface area (Å²) in [5.74, 6) is -0.423. The van der Waals surface area contributed by atoms with Crippen molar-refractivity contribution in [1.82, 2.24) is 15.5 Å². The summed E-state index contributed by atoms with van der Waals surface area (Å²) in [5, 5.41) is 5.96. The smallest absolute Gasteiger partial charge is 0.240 e. The number of carbonyl (C=O) groups is 3. The summed E-state index contributed by atoms with van der Waals surface area (Å²) in [7, 11) is 0. The lowest BCUT2D eigenvalue weighted by molar-refractivity contribution is -0.138. The molecule has 0 aliphatic carbocycles. The lowest BCUT2D eigenvalue weighted by Gasteiger charge is -2.30. The number of carbonyl (C=O) groups excluding carboxylic acids is 3. The summed E-state index contributed by atoms with van der Waals surface area (Å²) in [6, 6.07) is 8.95. The van der Waals surface area contributed by atoms with Gasteiger partial charge in [-0.25, -0.2) is 0 Å². The second-order valence-electron chi connectivity index (χ2n) is 7.76. The average Bonchev–Trinajstić information content (AvgIpc) is 2.79. The molecule has 170 valence electrons. The summed E-state index contributed by atoms with van der Waals surface area (Å²) in [6.07, 6.45) is 5.15. The van der Waals surface area contributed by atoms with Crippen LogP contribution in [0.1, 0.15) is 37.7 Å². The molecule has 9 heteroatoms. The zero-order valence-corrected chi connectivity index (χ0v) is 18.0. The monoisotopic (exact) mass is 430 g/mol. The normalized spacial score (nSPS) is 16.7. The second kappa shape index (κ2) is 13.4. The first-order valence-corrected chi connectivity index (χ1v) is 10.9. The third-order valence-corrected chi connectivity index (χ3v) is 5.25. The summed E-state index contributed by atoms with van der Waals surface area (Å²) in [6.45, 7) is 1.54. The minimum absolute atomic E-state index is 0.00409. The molecular weight excluding hydrogens is 396 g/mol. The minimum atomic E-state index is -0.638. The Morgan fingerprint density at radius 1 is 1.26 bits per heavy atom. The molecule has 1 aliphatic heterocycles. The zero-order valence-electron chi connectivity index (χ0n) is 18.0. The highest BCUT2D eigenvalue weighted by molar-refractivity contribution is 5.88. The number of nitrogens with one attached hydrogen (secondary N) is 2. The molecule has 1 fully saturated rings. The van der Waals surface area contributed by atoms with E-state index in [-0.39, 0.29) is 30.4 Å². The highest BCUT2D eigenvalue weighted by atomic mass is 16.2. The van der Waals surface area contributed by atoms with Crippen molar-refractivity contribution in [2.45, 2.75) is 50.6 Å². The van der Waals surface area contributed by atoms with Crippen molar-refractivity contribution in [2.24, 2.45) is 16.5 Å². The maximum absolute atomic E-state index is 13.1. The molecule has 2 atom stereocenters. The van der Waals surface area contributed by atoms with Gasteiger partial charge in [0.25, 0.3) is 0 Å². The van der Waals surface area contributed by atoms with Crippen molar-refractivity contribution in [3.05, 3.63) is 35.9 Å². The minimum Gasteiger partial charge on any atom is -0.370 e. The highest BCUT2D eigenvalue weighted by Crippen LogP contribution is 2.11. The van der Waals surface area contributed by atoms with Crippen molar-refractivity contribution in [1.29, 1.82) is 0 Å². The standard InChI is InChI=1S/C22H34N6O3/c23-22(24)26-13-6-9-18(16-29)27-20(30)15-28(14-11-17-7-2-1-3-8-17)21(31)19-10-4-5-12-25-19/h1-3,7-8,16,18-19,25H,4-6,9-15H2,(H,27,30)(H4,23,24,26)/t18-,19+/m0/s1. The van der Waals surface area contributed by atoms with Crippen LogP contribution in [0.2, 0.25) is 0 Å². The number of hydrogen-bond donors (Lipinski definition) is 4. The van der Waals surface area contributed by atoms with E-state index in [9.17, 15) is 14.4 Å². The van der Waals surface area contributed by atoms with Gasteiger partial charge in [0.15, 0.2) is 5.96 Å². The van der Waals surface area contributed by atoms with Crippen LogP contribution in [-0.2, 0) is 20.8 Å². The molecule has 1 aromatic rings. The molecule has 0 saturated carbocycles. The maximum atomic E-state index is 13.1. The number of benzene rings is 1. The maximum Gasteiger partial charge on any atom is 0.240 e. The van der Waals surface area contributed by atoms with E-state index in [1.165, 1.54) is 0 Å². The number of nitrogens with zero attached hydrogens (tertiary/aromatic N) is 2. The van der Waals surface area contributed by atoms with E-state index in [1.807, 2.05) is 30.3 Å². The number of guanidine groups is 1. The van der Waals surface area contributed by atoms with Crippen molar-refractivity contribution < 1.29 is 14.4 Å². The molecule has 0 radical (unpaired) electrons. The molecule has 0 bridgehead atoms. The summed E-state index contributed by atoms with van der Waals surface area (Å²) in [4.78, 5) is 42.5. The molecule has 1 aromatic carbocycles. The van der Waals surface area contributed by atoms with Gasteiger partial charge < -0.3 is 31.8 Å². The van der Waals surface area contributed by atoms with Gasteiger partial charge in [0, 0.05) is 13.1 Å². The molecule has 1 saturated heterocycles. The van der Waals surface area contributed by atoms with E-state index >= 15 is 0 Å². The van der Waals surface area contributed by atoms with E-state index in [0.717, 1.165) is 31.4 Å². The van der Waals surface area contributed by atoms with Gasteiger partial charge in [0.05, 0.1) is 18.6 Å². The van der Waals surface area contributed by atoms with Crippen LogP contribution in [-0.4, -0.2) is 67.2 Å². The average molecular weight is 431 g/mol. The second-order valence-corrected chi connectivity index (χ2v) is 7.76. The number of nitrogens with two attached hydrogens (primary N) is 2. The highest BCUT2D eigenvalue weighted by Gasteiger charge is 2.27. The number of hydrogen-bond acceptors (Lipinski definition) is 5. The van der Waals surface area contributed by atoms with E-state index < -0.39 is 6.04 Å². The van der Waals surface area contributed by atoms with Gasteiger partial charge >= 0.3 is 0 Å². The molecular formula is C22H34N6O3. The Morgan fingerprint density at radius 3 is 2.68 bits per heavy atom. The van der Waals surface area contributed by atoms with Gasteiger partial charge in [-0.15, -0.1) is 0 Å². The van der Waals surface area contributed by atoms with Gasteiger partial charge in [-0.2, -0.15) is 0 Å². The van der Waals surface area contributed by atoms with Crippen molar-refractivity contribution in [3.8, 4) is 0 Å². The van der Waals surface area contributed by atoms with Gasteiger partial charge in [-0.1, -0.05) is 36.8 Å². The van der Waals surface area contributed by atoms with Crippen LogP contribution >= 0.6 is 0 Å². The zero-order chi connectivity index (χ0) is 22.5. The first-order chi connectivity index (χ1) is 15.0. The SMILES string of the molecule is NC(N)=NCCC[C@@H](C=O)NC(=O)CN(CCc1ccccc1)C(=O)[C@H]1CCCCN1. The number of rotatable bonds is 12. The Hall–Kier alpha value is -2.94. The van der Waals surface area contributed by atoms with Crippen LogP contribution in [0.15, 0.2) is 35.3 Å². The van der Waals surface area contributed by atoms with Gasteiger partial charge in [-0.05, 0) is 44.2 Å². The molecule has 1 heterocycles. The predicted octanol–water partition coefficient (Wildman–Crippen LogP) is -0.0629. The molecule has 0 spiro atoms. The van der Waals surface area contributed by atoms with Crippen LogP contribution in [0.4, 0.5) is 0 Å². The third-order valence-electron chi connectivity index (χ3n) is 5.25. The predicted molar refractivity (Wildman–Crippen MR) is 120 cm³/mol. The Balaban J connectivity index is 1.94. The lowest BCUT2D eigenvalue weighted by Crippen LogP contribution is -2.52. The third kappa shape index (κ3) is 9.17. The van der Waals surface area contributed by atoms with E-state index in [0.29, 0.717) is 38.6 Å². The first kappa shape index (κ1) is 24.3. The fourth-order valence-electron chi connectivity index (χ4n) is 3.58. The number of amides is 2. The Morgan fingerprint density at radius 2 is 2.03 bits per heavy atom. The number of piperidine rings is 1. The van der Waals surface area contributed by atoms with E-state index in [2.05, 4.69) is 15.6 Å². The van der Waals surface area contributed by atoms with Crippen LogP contribution in [0.3, 0.4) is 0 Å². The number of aldehydes is 1. The van der Waals surface area contributed by atoms with Crippen LogP contribution < -0.4 is 22.1 Å². The van der Waals surface area contributed by atoms with E-state index in [4.69, 9.17) is 11.5 Å². The van der Waals surface area contributed by atoms with Crippen molar-refractivity contribution in [3.63, 3.8) is 0 Å². The van der Waals surface area contributed by atoms with Gasteiger partial charge in [-0.3, -0.25) is 14.6 Å². The Kier molecular flexibility index (Phi) is 10.5. The fraction of sp³-hybridized carbons (Fsp3) is 0.545. The van der Waals surface area contributed by atoms with Crippen LogP contribution in [0.25, 0.3) is 0 Å². The van der Waals surface area contributed by atoms with Gasteiger partial charge in [0.2, 0.25) is 11.8 Å². The Bertz CT molecular complexity index is 730. The summed E-state index contributed by atoms with van der Waals surface area (Å²) >= 11 is 0. The molecule has 2 amide bonds. The first-order valence-electron chi connectivity index (χ1n) is 10.9. The molecule has 6 N–H and O–H groups in total. The summed E-state index contributed by atoms with van der Waals surface area (Å²) < 4.78 is 0. The quantitative estimate of drug-likeness (QED) is 0.158. The van der Waals surface area contributed by atoms with Crippen LogP contribution in [0, 0.1) is 0 Å². The van der Waals surface area contributed by atoms with E-state index in [1.54, 1.807) is 4.90 Å². The van der Waals surface area contributed by atoms with Crippen LogP contribution in [0.5, 0.6) is 0 Å². The molecule has 0 aromatic heterocycles. The van der Waals surface area contributed by atoms with Crippen molar-refractivity contribution in [2.75, 3.05) is 26.2 Å². The molecule has 2 rings (SSSR count). The molecule has 31 heavy (non-hydrogen) atoms. The van der Waals surface area contributed by atoms with Crippen molar-refractivity contribution >= 4 is 24.1 Å². The largest absolute Gasteiger partial charge is 0.370 e. The molecule has 0 unspecified atom stereocenters. The number of aliphatic imine (C=N–C) groups is 1.